The van der Waals surface area contributed by atoms with Gasteiger partial charge in [0.05, 0.1) is 0 Å². The molecule has 0 amide bonds. The van der Waals surface area contributed by atoms with E-state index in [0.717, 1.165) is 25.7 Å². The van der Waals surface area contributed by atoms with Gasteiger partial charge in [-0.2, -0.15) is 0 Å². The molecule has 0 aliphatic heterocycles. The molecule has 0 fully saturated rings. The van der Waals surface area contributed by atoms with Crippen LogP contribution in [-0.4, -0.2) is 16.0 Å². The van der Waals surface area contributed by atoms with Crippen LogP contribution in [0.2, 0.25) is 5.15 Å². The van der Waals surface area contributed by atoms with Gasteiger partial charge in [0.1, 0.15) is 12.0 Å². The molecule has 1 heterocycles. The number of halogens is 1. The van der Waals surface area contributed by atoms with Crippen molar-refractivity contribution in [2.45, 2.75) is 45.6 Å². The van der Waals surface area contributed by atoms with E-state index < -0.39 is 0 Å². The van der Waals surface area contributed by atoms with Crippen molar-refractivity contribution in [3.05, 3.63) is 11.5 Å². The van der Waals surface area contributed by atoms with Gasteiger partial charge in [-0.25, -0.2) is 15.8 Å². The van der Waals surface area contributed by atoms with Crippen molar-refractivity contribution in [1.82, 2.24) is 9.97 Å². The molecular weight excluding hydrogens is 238 g/mol. The maximum absolute atomic E-state index is 6.09. The molecule has 1 aromatic rings. The number of nitrogen functional groups attached to an aromatic ring is 1. The molecule has 0 saturated carbocycles. The molecule has 4 N–H and O–H groups in total. The van der Waals surface area contributed by atoms with Crippen LogP contribution in [0.25, 0.3) is 0 Å². The van der Waals surface area contributed by atoms with E-state index >= 15 is 0 Å². The Kier molecular flexibility index (Phi) is 5.44. The normalized spacial score (nSPS) is 10.9. The van der Waals surface area contributed by atoms with Crippen LogP contribution >= 0.6 is 11.6 Å². The molecular formula is C11H20ClN5. The molecule has 0 unspecified atom stereocenters. The summed E-state index contributed by atoms with van der Waals surface area (Å²) in [6.07, 6.45) is 5.52. The molecule has 17 heavy (non-hydrogen) atoms. The molecule has 0 aromatic carbocycles. The van der Waals surface area contributed by atoms with E-state index in [1.807, 2.05) is 0 Å². The van der Waals surface area contributed by atoms with E-state index in [-0.39, 0.29) is 11.2 Å². The summed E-state index contributed by atoms with van der Waals surface area (Å²) in [6.45, 7) is 4.26. The number of aromatic nitrogens is 2. The van der Waals surface area contributed by atoms with E-state index in [9.17, 15) is 0 Å². The summed E-state index contributed by atoms with van der Waals surface area (Å²) < 4.78 is 0. The first-order valence-corrected chi connectivity index (χ1v) is 6.29. The van der Waals surface area contributed by atoms with E-state index in [4.69, 9.17) is 23.2 Å². The van der Waals surface area contributed by atoms with Crippen molar-refractivity contribution in [2.24, 2.45) is 5.84 Å². The Labute approximate surface area is 107 Å². The molecule has 0 aliphatic rings. The van der Waals surface area contributed by atoms with E-state index in [1.165, 1.54) is 6.33 Å². The highest BCUT2D eigenvalue weighted by Gasteiger charge is 2.19. The summed E-state index contributed by atoms with van der Waals surface area (Å²) in [5.74, 6) is 6.60. The highest BCUT2D eigenvalue weighted by atomic mass is 35.5. The number of hydrogen-bond acceptors (Lipinski definition) is 5. The van der Waals surface area contributed by atoms with Crippen molar-refractivity contribution in [1.29, 1.82) is 0 Å². The molecule has 0 bridgehead atoms. The smallest absolute Gasteiger partial charge is 0.171 e. The number of hydrogen-bond donors (Lipinski definition) is 2. The topological polar surface area (TPSA) is 81.1 Å². The average molecular weight is 258 g/mol. The lowest BCUT2D eigenvalue weighted by molar-refractivity contribution is 0.507. The molecule has 0 saturated heterocycles. The van der Waals surface area contributed by atoms with Crippen LogP contribution in [0.15, 0.2) is 6.33 Å². The third kappa shape index (κ3) is 3.44. The maximum atomic E-state index is 6.09. The zero-order chi connectivity index (χ0) is 12.8. The lowest BCUT2D eigenvalue weighted by Gasteiger charge is -2.28. The standard InChI is InChI=1S/C11H20ClN5/c1-3-5-8(6-4-2)17(14)11-9(13)10(12)15-7-16-11/h7-8H,3-6,13-14H2,1-2H3. The highest BCUT2D eigenvalue weighted by Crippen LogP contribution is 2.27. The predicted octanol–water partition coefficient (Wildman–Crippen LogP) is 2.36. The van der Waals surface area contributed by atoms with Crippen LogP contribution in [0.3, 0.4) is 0 Å². The molecule has 5 nitrogen and oxygen atoms in total. The van der Waals surface area contributed by atoms with Gasteiger partial charge in [0.15, 0.2) is 11.0 Å². The number of nitrogens with two attached hydrogens (primary N) is 2. The zero-order valence-corrected chi connectivity index (χ0v) is 11.1. The SMILES string of the molecule is CCCC(CCC)N(N)c1ncnc(Cl)c1N. The van der Waals surface area contributed by atoms with E-state index in [1.54, 1.807) is 5.01 Å². The Balaban J connectivity index is 2.92. The predicted molar refractivity (Wildman–Crippen MR) is 71.7 cm³/mol. The number of anilines is 2. The van der Waals surface area contributed by atoms with Gasteiger partial charge in [-0.15, -0.1) is 0 Å². The summed E-state index contributed by atoms with van der Waals surface area (Å²) in [7, 11) is 0. The maximum Gasteiger partial charge on any atom is 0.171 e. The molecule has 0 spiro atoms. The molecule has 0 aliphatic carbocycles. The minimum absolute atomic E-state index is 0.235. The van der Waals surface area contributed by atoms with Crippen molar-refractivity contribution in [2.75, 3.05) is 10.7 Å². The number of hydrazine groups is 1. The van der Waals surface area contributed by atoms with Crippen LogP contribution in [-0.2, 0) is 0 Å². The number of nitrogens with zero attached hydrogens (tertiary/aromatic N) is 3. The molecule has 6 heteroatoms. The first-order chi connectivity index (χ1) is 8.11. The Bertz CT molecular complexity index is 352. The van der Waals surface area contributed by atoms with Gasteiger partial charge in [0.2, 0.25) is 0 Å². The molecule has 0 atom stereocenters. The van der Waals surface area contributed by atoms with Gasteiger partial charge >= 0.3 is 0 Å². The second-order valence-electron chi connectivity index (χ2n) is 4.04. The first-order valence-electron chi connectivity index (χ1n) is 5.91. The minimum atomic E-state index is 0.235. The van der Waals surface area contributed by atoms with Gasteiger partial charge < -0.3 is 5.73 Å². The minimum Gasteiger partial charge on any atom is -0.393 e. The van der Waals surface area contributed by atoms with Gasteiger partial charge in [0.25, 0.3) is 0 Å². The Morgan fingerprint density at radius 1 is 1.29 bits per heavy atom. The summed E-state index contributed by atoms with van der Waals surface area (Å²) >= 11 is 5.86. The van der Waals surface area contributed by atoms with E-state index in [2.05, 4.69) is 23.8 Å². The monoisotopic (exact) mass is 257 g/mol. The quantitative estimate of drug-likeness (QED) is 0.465. The van der Waals surface area contributed by atoms with Crippen LogP contribution in [0.1, 0.15) is 39.5 Å². The van der Waals surface area contributed by atoms with Gasteiger partial charge in [0, 0.05) is 6.04 Å². The van der Waals surface area contributed by atoms with E-state index in [0.29, 0.717) is 11.5 Å². The second kappa shape index (κ2) is 6.61. The van der Waals surface area contributed by atoms with Gasteiger partial charge in [-0.1, -0.05) is 38.3 Å². The lowest BCUT2D eigenvalue weighted by atomic mass is 10.1. The Hall–Kier alpha value is -1.07. The van der Waals surface area contributed by atoms with Crippen molar-refractivity contribution < 1.29 is 0 Å². The second-order valence-corrected chi connectivity index (χ2v) is 4.40. The fraction of sp³-hybridized carbons (Fsp3) is 0.636. The summed E-state index contributed by atoms with van der Waals surface area (Å²) in [4.78, 5) is 7.92. The van der Waals surface area contributed by atoms with Gasteiger partial charge in [-0.3, -0.25) is 5.01 Å². The van der Waals surface area contributed by atoms with Crippen molar-refractivity contribution in [3.8, 4) is 0 Å². The van der Waals surface area contributed by atoms with Crippen LogP contribution in [0.5, 0.6) is 0 Å². The first kappa shape index (κ1) is 14.0. The zero-order valence-electron chi connectivity index (χ0n) is 10.4. The summed E-state index contributed by atoms with van der Waals surface area (Å²) in [5, 5.41) is 1.87. The highest BCUT2D eigenvalue weighted by molar-refractivity contribution is 6.32. The van der Waals surface area contributed by atoms with Crippen molar-refractivity contribution in [3.63, 3.8) is 0 Å². The third-order valence-corrected chi connectivity index (χ3v) is 3.00. The molecule has 96 valence electrons. The van der Waals surface area contributed by atoms with Crippen LogP contribution in [0.4, 0.5) is 11.5 Å². The summed E-state index contributed by atoms with van der Waals surface area (Å²) in [6, 6.07) is 0.235. The Morgan fingerprint density at radius 3 is 2.41 bits per heavy atom. The van der Waals surface area contributed by atoms with Gasteiger partial charge in [-0.05, 0) is 12.8 Å². The summed E-state index contributed by atoms with van der Waals surface area (Å²) in [5.41, 5.74) is 6.18. The molecule has 1 aromatic heterocycles. The fourth-order valence-electron chi connectivity index (χ4n) is 1.83. The van der Waals surface area contributed by atoms with Crippen LogP contribution in [0, 0.1) is 0 Å². The molecule has 1 rings (SSSR count). The average Bonchev–Trinajstić information content (AvgIpc) is 2.31. The lowest BCUT2D eigenvalue weighted by Crippen LogP contribution is -2.42. The number of rotatable bonds is 6. The molecule has 0 radical (unpaired) electrons. The van der Waals surface area contributed by atoms with Crippen LogP contribution < -0.4 is 16.6 Å². The Morgan fingerprint density at radius 2 is 1.88 bits per heavy atom. The van der Waals surface area contributed by atoms with Crippen molar-refractivity contribution >= 4 is 23.1 Å². The third-order valence-electron chi connectivity index (χ3n) is 2.70. The largest absolute Gasteiger partial charge is 0.393 e. The fourth-order valence-corrected chi connectivity index (χ4v) is 1.96.